The molecular formula is C11H18N2O2S. The van der Waals surface area contributed by atoms with Gasteiger partial charge in [-0.1, -0.05) is 6.92 Å². The largest absolute Gasteiger partial charge is 0.465 e. The number of carbonyl (C=O) groups is 1. The van der Waals surface area contributed by atoms with Crippen molar-refractivity contribution in [3.8, 4) is 0 Å². The highest BCUT2D eigenvalue weighted by atomic mass is 32.1. The Bertz CT molecular complexity index is 338. The van der Waals surface area contributed by atoms with E-state index < -0.39 is 0 Å². The average molecular weight is 242 g/mol. The Morgan fingerprint density at radius 3 is 2.94 bits per heavy atom. The van der Waals surface area contributed by atoms with Crippen LogP contribution in [-0.4, -0.2) is 24.1 Å². The quantitative estimate of drug-likeness (QED) is 0.774. The Kier molecular flexibility index (Phi) is 5.42. The molecule has 1 rings (SSSR count). The fourth-order valence-electron chi connectivity index (χ4n) is 1.22. The normalized spacial score (nSPS) is 12.4. The van der Waals surface area contributed by atoms with Gasteiger partial charge in [0, 0.05) is 11.1 Å². The molecule has 0 saturated carbocycles. The summed E-state index contributed by atoms with van der Waals surface area (Å²) in [7, 11) is 0. The molecule has 90 valence electrons. The number of nitrogens with one attached hydrogen (secondary N) is 1. The van der Waals surface area contributed by atoms with Crippen molar-refractivity contribution in [1.29, 1.82) is 0 Å². The number of hydrogen-bond donors (Lipinski definition) is 1. The highest BCUT2D eigenvalue weighted by Gasteiger charge is 2.11. The van der Waals surface area contributed by atoms with Crippen molar-refractivity contribution < 1.29 is 9.53 Å². The lowest BCUT2D eigenvalue weighted by Crippen LogP contribution is -2.27. The molecule has 0 amide bonds. The van der Waals surface area contributed by atoms with Crippen LogP contribution in [0.25, 0.3) is 0 Å². The van der Waals surface area contributed by atoms with E-state index >= 15 is 0 Å². The van der Waals surface area contributed by atoms with Gasteiger partial charge in [0.05, 0.1) is 19.2 Å². The molecule has 1 atom stereocenters. The molecular weight excluding hydrogens is 224 g/mol. The zero-order valence-corrected chi connectivity index (χ0v) is 10.8. The van der Waals surface area contributed by atoms with Gasteiger partial charge in [-0.3, -0.25) is 10.1 Å². The van der Waals surface area contributed by atoms with Gasteiger partial charge in [-0.25, -0.2) is 4.98 Å². The van der Waals surface area contributed by atoms with E-state index in [4.69, 9.17) is 4.74 Å². The maximum Gasteiger partial charge on any atom is 0.319 e. The van der Waals surface area contributed by atoms with Gasteiger partial charge in [-0.05, 0) is 20.3 Å². The summed E-state index contributed by atoms with van der Waals surface area (Å²) in [5.74, 6) is -0.221. The van der Waals surface area contributed by atoms with Gasteiger partial charge in [0.2, 0.25) is 0 Å². The maximum absolute atomic E-state index is 11.1. The minimum absolute atomic E-state index is 0.0923. The zero-order valence-electron chi connectivity index (χ0n) is 9.95. The van der Waals surface area contributed by atoms with E-state index in [1.807, 2.05) is 13.1 Å². The van der Waals surface area contributed by atoms with Gasteiger partial charge >= 0.3 is 5.97 Å². The third-order valence-corrected chi connectivity index (χ3v) is 3.47. The number of aryl methyl sites for hydroxylation is 1. The first-order valence-corrected chi connectivity index (χ1v) is 6.32. The van der Waals surface area contributed by atoms with Crippen LogP contribution in [0.15, 0.2) is 6.20 Å². The predicted octanol–water partition coefficient (Wildman–Crippen LogP) is 1.92. The lowest BCUT2D eigenvalue weighted by Gasteiger charge is -2.09. The Morgan fingerprint density at radius 1 is 1.62 bits per heavy atom. The topological polar surface area (TPSA) is 51.2 Å². The Morgan fingerprint density at radius 2 is 2.38 bits per heavy atom. The van der Waals surface area contributed by atoms with E-state index in [1.54, 1.807) is 18.3 Å². The van der Waals surface area contributed by atoms with E-state index in [0.717, 1.165) is 11.4 Å². The van der Waals surface area contributed by atoms with Crippen molar-refractivity contribution in [1.82, 2.24) is 10.3 Å². The van der Waals surface area contributed by atoms with Crippen LogP contribution in [0.5, 0.6) is 0 Å². The summed E-state index contributed by atoms with van der Waals surface area (Å²) >= 11 is 1.68. The van der Waals surface area contributed by atoms with Gasteiger partial charge in [0.1, 0.15) is 5.01 Å². The molecule has 1 unspecified atom stereocenters. The molecule has 0 aromatic carbocycles. The van der Waals surface area contributed by atoms with E-state index in [2.05, 4.69) is 17.2 Å². The molecule has 1 aromatic rings. The molecule has 0 radical (unpaired) electrons. The van der Waals surface area contributed by atoms with Crippen molar-refractivity contribution in [2.45, 2.75) is 33.2 Å². The van der Waals surface area contributed by atoms with Crippen LogP contribution < -0.4 is 5.32 Å². The molecule has 0 aliphatic carbocycles. The second kappa shape index (κ2) is 6.60. The second-order valence-corrected chi connectivity index (χ2v) is 4.57. The average Bonchev–Trinajstić information content (AvgIpc) is 2.75. The van der Waals surface area contributed by atoms with Crippen LogP contribution in [0.3, 0.4) is 0 Å². The molecule has 16 heavy (non-hydrogen) atoms. The summed E-state index contributed by atoms with van der Waals surface area (Å²) in [5.41, 5.74) is 0. The van der Waals surface area contributed by atoms with E-state index in [0.29, 0.717) is 6.61 Å². The van der Waals surface area contributed by atoms with Crippen LogP contribution in [0, 0.1) is 0 Å². The monoisotopic (exact) mass is 242 g/mol. The second-order valence-electron chi connectivity index (χ2n) is 3.43. The standard InChI is InChI=1S/C11H18N2O2S/c1-4-9-6-13-11(16-9)8(3)12-7-10(14)15-5-2/h6,8,12H,4-5,7H2,1-3H3. The van der Waals surface area contributed by atoms with Gasteiger partial charge < -0.3 is 4.74 Å². The molecule has 0 saturated heterocycles. The minimum Gasteiger partial charge on any atom is -0.465 e. The van der Waals surface area contributed by atoms with Crippen molar-refractivity contribution in [2.75, 3.05) is 13.2 Å². The Balaban J connectivity index is 2.40. The smallest absolute Gasteiger partial charge is 0.319 e. The van der Waals surface area contributed by atoms with Crippen LogP contribution >= 0.6 is 11.3 Å². The van der Waals surface area contributed by atoms with E-state index in [-0.39, 0.29) is 18.6 Å². The number of carbonyl (C=O) groups excluding carboxylic acids is 1. The zero-order chi connectivity index (χ0) is 12.0. The van der Waals surface area contributed by atoms with Gasteiger partial charge in [0.25, 0.3) is 0 Å². The van der Waals surface area contributed by atoms with Crippen molar-refractivity contribution in [3.63, 3.8) is 0 Å². The highest BCUT2D eigenvalue weighted by molar-refractivity contribution is 7.11. The van der Waals surface area contributed by atoms with Crippen molar-refractivity contribution >= 4 is 17.3 Å². The number of ether oxygens (including phenoxy) is 1. The number of esters is 1. The predicted molar refractivity (Wildman–Crippen MR) is 64.5 cm³/mol. The number of rotatable bonds is 6. The molecule has 0 aliphatic heterocycles. The van der Waals surface area contributed by atoms with Crippen LogP contribution in [-0.2, 0) is 16.0 Å². The molecule has 0 aliphatic rings. The Hall–Kier alpha value is -0.940. The summed E-state index contributed by atoms with van der Waals surface area (Å²) in [4.78, 5) is 16.7. The minimum atomic E-state index is -0.221. The lowest BCUT2D eigenvalue weighted by atomic mass is 10.3. The van der Waals surface area contributed by atoms with Gasteiger partial charge in [-0.2, -0.15) is 0 Å². The highest BCUT2D eigenvalue weighted by Crippen LogP contribution is 2.19. The number of thiazole rings is 1. The molecule has 0 fully saturated rings. The van der Waals surface area contributed by atoms with Crippen LogP contribution in [0.2, 0.25) is 0 Å². The van der Waals surface area contributed by atoms with E-state index in [9.17, 15) is 4.79 Å². The number of aromatic nitrogens is 1. The lowest BCUT2D eigenvalue weighted by molar-refractivity contribution is -0.142. The molecule has 1 aromatic heterocycles. The fraction of sp³-hybridized carbons (Fsp3) is 0.636. The maximum atomic E-state index is 11.1. The third kappa shape index (κ3) is 3.90. The first-order valence-electron chi connectivity index (χ1n) is 5.51. The van der Waals surface area contributed by atoms with E-state index in [1.165, 1.54) is 4.88 Å². The molecule has 1 heterocycles. The molecule has 5 heteroatoms. The summed E-state index contributed by atoms with van der Waals surface area (Å²) < 4.78 is 4.84. The van der Waals surface area contributed by atoms with Crippen LogP contribution in [0.4, 0.5) is 0 Å². The van der Waals surface area contributed by atoms with Gasteiger partial charge in [-0.15, -0.1) is 11.3 Å². The fourth-order valence-corrected chi connectivity index (χ4v) is 2.11. The molecule has 4 nitrogen and oxygen atoms in total. The first-order chi connectivity index (χ1) is 7.67. The number of nitrogens with zero attached hydrogens (tertiary/aromatic N) is 1. The molecule has 0 spiro atoms. The van der Waals surface area contributed by atoms with Crippen molar-refractivity contribution in [3.05, 3.63) is 16.1 Å². The third-order valence-electron chi connectivity index (χ3n) is 2.15. The molecule has 1 N–H and O–H groups in total. The number of hydrogen-bond acceptors (Lipinski definition) is 5. The summed E-state index contributed by atoms with van der Waals surface area (Å²) in [6.45, 7) is 6.56. The SMILES string of the molecule is CCOC(=O)CNC(C)c1ncc(CC)s1. The van der Waals surface area contributed by atoms with Gasteiger partial charge in [0.15, 0.2) is 0 Å². The Labute approximate surface area is 100 Å². The summed E-state index contributed by atoms with van der Waals surface area (Å²) in [5, 5.41) is 4.11. The molecule has 0 bridgehead atoms. The first kappa shape index (κ1) is 13.1. The van der Waals surface area contributed by atoms with Crippen molar-refractivity contribution in [2.24, 2.45) is 0 Å². The summed E-state index contributed by atoms with van der Waals surface area (Å²) in [6, 6.07) is 0.0923. The van der Waals surface area contributed by atoms with Crippen LogP contribution in [0.1, 0.15) is 36.7 Å². The summed E-state index contributed by atoms with van der Waals surface area (Å²) in [6.07, 6.45) is 2.89.